The number of carbonyl (C=O) groups is 2. The van der Waals surface area contributed by atoms with Crippen molar-refractivity contribution in [1.82, 2.24) is 14.8 Å². The highest BCUT2D eigenvalue weighted by molar-refractivity contribution is 6.29. The van der Waals surface area contributed by atoms with Gasteiger partial charge in [0.15, 0.2) is 0 Å². The predicted octanol–water partition coefficient (Wildman–Crippen LogP) is 0.967. The zero-order valence-corrected chi connectivity index (χ0v) is 11.7. The number of carboxylic acids is 1. The predicted molar refractivity (Wildman–Crippen MR) is 73.8 cm³/mol. The Morgan fingerprint density at radius 3 is 2.80 bits per heavy atom. The Balaban J connectivity index is 1.99. The molecule has 1 aromatic rings. The van der Waals surface area contributed by atoms with Gasteiger partial charge in [-0.1, -0.05) is 11.6 Å². The molecule has 20 heavy (non-hydrogen) atoms. The van der Waals surface area contributed by atoms with Crippen LogP contribution in [0.2, 0.25) is 5.15 Å². The molecule has 2 rings (SSSR count). The number of carbonyl (C=O) groups excluding carboxylic acids is 1. The Hall–Kier alpha value is -1.66. The maximum absolute atomic E-state index is 12.3. The second-order valence-corrected chi connectivity index (χ2v) is 5.07. The molecule has 0 bridgehead atoms. The molecular weight excluding hydrogens is 282 g/mol. The fourth-order valence-corrected chi connectivity index (χ4v) is 2.42. The van der Waals surface area contributed by atoms with E-state index >= 15 is 0 Å². The van der Waals surface area contributed by atoms with E-state index in [1.54, 1.807) is 17.0 Å². The van der Waals surface area contributed by atoms with Crippen molar-refractivity contribution in [1.29, 1.82) is 0 Å². The lowest BCUT2D eigenvalue weighted by molar-refractivity contribution is -0.138. The van der Waals surface area contributed by atoms with Gasteiger partial charge in [0.25, 0.3) is 5.91 Å². The van der Waals surface area contributed by atoms with Crippen LogP contribution >= 0.6 is 11.6 Å². The van der Waals surface area contributed by atoms with Gasteiger partial charge in [0.2, 0.25) is 0 Å². The summed E-state index contributed by atoms with van der Waals surface area (Å²) < 4.78 is 0. The van der Waals surface area contributed by atoms with E-state index in [4.69, 9.17) is 16.7 Å². The molecule has 108 valence electrons. The van der Waals surface area contributed by atoms with Crippen LogP contribution in [0.15, 0.2) is 18.3 Å². The van der Waals surface area contributed by atoms with Crippen molar-refractivity contribution in [3.8, 4) is 0 Å². The van der Waals surface area contributed by atoms with Gasteiger partial charge in [-0.2, -0.15) is 0 Å². The van der Waals surface area contributed by atoms with E-state index in [2.05, 4.69) is 4.98 Å². The highest BCUT2D eigenvalue weighted by atomic mass is 35.5. The van der Waals surface area contributed by atoms with Crippen molar-refractivity contribution < 1.29 is 14.7 Å². The molecule has 0 aliphatic carbocycles. The van der Waals surface area contributed by atoms with Crippen molar-refractivity contribution in [3.05, 3.63) is 29.0 Å². The first-order valence-corrected chi connectivity index (χ1v) is 6.79. The first-order chi connectivity index (χ1) is 9.56. The van der Waals surface area contributed by atoms with Crippen molar-refractivity contribution in [2.45, 2.75) is 6.42 Å². The van der Waals surface area contributed by atoms with E-state index in [1.807, 2.05) is 4.90 Å². The summed E-state index contributed by atoms with van der Waals surface area (Å²) in [5, 5.41) is 9.09. The number of hydrogen-bond donors (Lipinski definition) is 1. The summed E-state index contributed by atoms with van der Waals surface area (Å²) >= 11 is 5.79. The number of nitrogens with zero attached hydrogens (tertiary/aromatic N) is 3. The smallest absolute Gasteiger partial charge is 0.317 e. The molecule has 1 fully saturated rings. The molecule has 0 radical (unpaired) electrons. The Morgan fingerprint density at radius 1 is 1.30 bits per heavy atom. The number of amides is 1. The standard InChI is InChI=1S/C13H16ClN3O3/c14-11-8-10(2-3-15-11)13(20)17-5-1-4-16(6-7-17)9-12(18)19/h2-3,8H,1,4-7,9H2,(H,18,19). The van der Waals surface area contributed by atoms with E-state index in [-0.39, 0.29) is 17.6 Å². The molecular formula is C13H16ClN3O3. The van der Waals surface area contributed by atoms with Gasteiger partial charge < -0.3 is 10.0 Å². The first kappa shape index (κ1) is 14.7. The SMILES string of the molecule is O=C(O)CN1CCCN(C(=O)c2ccnc(Cl)c2)CC1. The molecule has 6 nitrogen and oxygen atoms in total. The third kappa shape index (κ3) is 3.91. The molecule has 2 heterocycles. The normalized spacial score (nSPS) is 16.8. The van der Waals surface area contributed by atoms with Crippen LogP contribution in [0.25, 0.3) is 0 Å². The average molecular weight is 298 g/mol. The number of rotatable bonds is 3. The lowest BCUT2D eigenvalue weighted by atomic mass is 10.2. The van der Waals surface area contributed by atoms with Gasteiger partial charge >= 0.3 is 5.97 Å². The van der Waals surface area contributed by atoms with Crippen LogP contribution < -0.4 is 0 Å². The maximum Gasteiger partial charge on any atom is 0.317 e. The summed E-state index contributed by atoms with van der Waals surface area (Å²) in [5.74, 6) is -0.933. The zero-order chi connectivity index (χ0) is 14.5. The molecule has 1 aromatic heterocycles. The second-order valence-electron chi connectivity index (χ2n) is 4.68. The Bertz CT molecular complexity index is 509. The molecule has 7 heteroatoms. The minimum Gasteiger partial charge on any atom is -0.480 e. The summed E-state index contributed by atoms with van der Waals surface area (Å²) in [5.41, 5.74) is 0.511. The summed E-state index contributed by atoms with van der Waals surface area (Å²) in [6.45, 7) is 2.41. The third-order valence-corrected chi connectivity index (χ3v) is 3.41. The van der Waals surface area contributed by atoms with Crippen LogP contribution in [0.3, 0.4) is 0 Å². The molecule has 0 unspecified atom stereocenters. The lowest BCUT2D eigenvalue weighted by Gasteiger charge is -2.21. The van der Waals surface area contributed by atoms with Crippen LogP contribution in [0.4, 0.5) is 0 Å². The molecule has 1 N–H and O–H groups in total. The van der Waals surface area contributed by atoms with Crippen LogP contribution in [-0.4, -0.2) is 64.5 Å². The number of halogens is 1. The molecule has 0 spiro atoms. The van der Waals surface area contributed by atoms with Crippen LogP contribution in [0, 0.1) is 0 Å². The van der Waals surface area contributed by atoms with Crippen molar-refractivity contribution >= 4 is 23.5 Å². The van der Waals surface area contributed by atoms with Gasteiger partial charge in [-0.25, -0.2) is 4.98 Å². The maximum atomic E-state index is 12.3. The van der Waals surface area contributed by atoms with Crippen molar-refractivity contribution in [3.63, 3.8) is 0 Å². The van der Waals surface area contributed by atoms with Crippen molar-refractivity contribution in [2.75, 3.05) is 32.7 Å². The fourth-order valence-electron chi connectivity index (χ4n) is 2.24. The number of aromatic nitrogens is 1. The summed E-state index contributed by atoms with van der Waals surface area (Å²) in [4.78, 5) is 30.5. The van der Waals surface area contributed by atoms with Gasteiger partial charge in [-0.3, -0.25) is 14.5 Å². The van der Waals surface area contributed by atoms with E-state index < -0.39 is 5.97 Å². The minimum atomic E-state index is -0.842. The Labute approximate surface area is 122 Å². The average Bonchev–Trinajstić information content (AvgIpc) is 2.63. The van der Waals surface area contributed by atoms with E-state index in [0.29, 0.717) is 31.7 Å². The molecule has 0 saturated carbocycles. The number of carboxylic acid groups (broad SMARTS) is 1. The molecule has 1 aliphatic rings. The number of aliphatic carboxylic acids is 1. The van der Waals surface area contributed by atoms with Gasteiger partial charge in [-0.15, -0.1) is 0 Å². The highest BCUT2D eigenvalue weighted by Gasteiger charge is 2.21. The van der Waals surface area contributed by atoms with Gasteiger partial charge in [0.05, 0.1) is 6.54 Å². The van der Waals surface area contributed by atoms with Crippen LogP contribution in [0.1, 0.15) is 16.8 Å². The van der Waals surface area contributed by atoms with Gasteiger partial charge in [-0.05, 0) is 18.6 Å². The monoisotopic (exact) mass is 297 g/mol. The Morgan fingerprint density at radius 2 is 2.10 bits per heavy atom. The minimum absolute atomic E-state index is 0.0170. The molecule has 0 aromatic carbocycles. The van der Waals surface area contributed by atoms with E-state index in [9.17, 15) is 9.59 Å². The largest absolute Gasteiger partial charge is 0.480 e. The van der Waals surface area contributed by atoms with Gasteiger partial charge in [0.1, 0.15) is 5.15 Å². The first-order valence-electron chi connectivity index (χ1n) is 6.41. The summed E-state index contributed by atoms with van der Waals surface area (Å²) in [6.07, 6.45) is 2.27. The molecule has 1 amide bonds. The molecule has 1 aliphatic heterocycles. The highest BCUT2D eigenvalue weighted by Crippen LogP contribution is 2.12. The van der Waals surface area contributed by atoms with Crippen LogP contribution in [-0.2, 0) is 4.79 Å². The lowest BCUT2D eigenvalue weighted by Crippen LogP contribution is -2.36. The number of hydrogen-bond acceptors (Lipinski definition) is 4. The van der Waals surface area contributed by atoms with Crippen LogP contribution in [0.5, 0.6) is 0 Å². The third-order valence-electron chi connectivity index (χ3n) is 3.21. The number of pyridine rings is 1. The zero-order valence-electron chi connectivity index (χ0n) is 11.0. The molecule has 0 atom stereocenters. The van der Waals surface area contributed by atoms with E-state index in [1.165, 1.54) is 6.20 Å². The fraction of sp³-hybridized carbons (Fsp3) is 0.462. The van der Waals surface area contributed by atoms with Crippen molar-refractivity contribution in [2.24, 2.45) is 0 Å². The topological polar surface area (TPSA) is 73.7 Å². The van der Waals surface area contributed by atoms with Gasteiger partial charge in [0, 0.05) is 37.9 Å². The van der Waals surface area contributed by atoms with E-state index in [0.717, 1.165) is 6.42 Å². The summed E-state index contributed by atoms with van der Waals surface area (Å²) in [6, 6.07) is 3.18. The second kappa shape index (κ2) is 6.67. The Kier molecular flexibility index (Phi) is 4.92. The molecule has 1 saturated heterocycles. The summed E-state index contributed by atoms with van der Waals surface area (Å²) in [7, 11) is 0. The quantitative estimate of drug-likeness (QED) is 0.842.